The van der Waals surface area contributed by atoms with Gasteiger partial charge in [-0.05, 0) is 51.2 Å². The molecule has 6 nitrogen and oxygen atoms in total. The van der Waals surface area contributed by atoms with Crippen molar-refractivity contribution in [2.45, 2.75) is 53.7 Å². The molecule has 2 rings (SSSR count). The number of ether oxygens (including phenoxy) is 1. The van der Waals surface area contributed by atoms with Crippen molar-refractivity contribution in [2.24, 2.45) is 18.0 Å². The van der Waals surface area contributed by atoms with Gasteiger partial charge in [-0.15, -0.1) is 0 Å². The Balaban J connectivity index is 1.82. The molecule has 160 valence electrons. The van der Waals surface area contributed by atoms with Crippen LogP contribution >= 0.6 is 0 Å². The van der Waals surface area contributed by atoms with Crippen molar-refractivity contribution in [3.8, 4) is 0 Å². The molecule has 0 radical (unpaired) electrons. The number of hydrogen-bond acceptors (Lipinski definition) is 3. The van der Waals surface area contributed by atoms with Gasteiger partial charge < -0.3 is 15.4 Å². The first kappa shape index (κ1) is 22.9. The van der Waals surface area contributed by atoms with Crippen LogP contribution in [0, 0.1) is 19.8 Å². The molecule has 2 unspecified atom stereocenters. The Bertz CT molecular complexity index is 769. The van der Waals surface area contributed by atoms with Gasteiger partial charge in [0.15, 0.2) is 5.96 Å². The molecule has 0 aliphatic carbocycles. The second kappa shape index (κ2) is 11.6. The minimum atomic E-state index is 0.263. The number of aliphatic imine (C=N–C) groups is 1. The van der Waals surface area contributed by atoms with E-state index in [0.717, 1.165) is 31.2 Å². The van der Waals surface area contributed by atoms with Crippen molar-refractivity contribution in [1.29, 1.82) is 0 Å². The summed E-state index contributed by atoms with van der Waals surface area (Å²) in [6, 6.07) is 10.5. The summed E-state index contributed by atoms with van der Waals surface area (Å²) in [6.07, 6.45) is 0.922. The smallest absolute Gasteiger partial charge is 0.191 e. The predicted octanol–water partition coefficient (Wildman–Crippen LogP) is 3.38. The van der Waals surface area contributed by atoms with E-state index in [1.807, 2.05) is 29.9 Å². The summed E-state index contributed by atoms with van der Waals surface area (Å²) < 4.78 is 7.80. The van der Waals surface area contributed by atoms with Gasteiger partial charge in [0.25, 0.3) is 0 Å². The third-order valence-corrected chi connectivity index (χ3v) is 4.97. The molecule has 1 heterocycles. The zero-order valence-electron chi connectivity index (χ0n) is 18.8. The van der Waals surface area contributed by atoms with E-state index in [0.29, 0.717) is 19.1 Å². The van der Waals surface area contributed by atoms with Crippen molar-refractivity contribution in [2.75, 3.05) is 19.7 Å². The molecule has 2 N–H and O–H groups in total. The molecule has 0 aliphatic rings. The van der Waals surface area contributed by atoms with Crippen LogP contribution in [0.25, 0.3) is 0 Å². The number of benzene rings is 1. The molecule has 2 aromatic rings. The van der Waals surface area contributed by atoms with Gasteiger partial charge in [-0.2, -0.15) is 5.10 Å². The Morgan fingerprint density at radius 1 is 1.21 bits per heavy atom. The lowest BCUT2D eigenvalue weighted by Gasteiger charge is -2.19. The van der Waals surface area contributed by atoms with E-state index in [1.165, 1.54) is 16.8 Å². The largest absolute Gasteiger partial charge is 0.376 e. The molecule has 0 spiro atoms. The van der Waals surface area contributed by atoms with E-state index in [1.54, 1.807) is 0 Å². The van der Waals surface area contributed by atoms with E-state index < -0.39 is 0 Å². The van der Waals surface area contributed by atoms with Gasteiger partial charge >= 0.3 is 0 Å². The minimum absolute atomic E-state index is 0.263. The second-order valence-electron chi connectivity index (χ2n) is 7.85. The van der Waals surface area contributed by atoms with Crippen LogP contribution in [0.1, 0.15) is 43.3 Å². The van der Waals surface area contributed by atoms with E-state index in [2.05, 4.69) is 62.5 Å². The van der Waals surface area contributed by atoms with Crippen LogP contribution < -0.4 is 10.6 Å². The monoisotopic (exact) mass is 399 g/mol. The minimum Gasteiger partial charge on any atom is -0.376 e. The third kappa shape index (κ3) is 7.54. The standard InChI is InChI=1S/C23H37N5O/c1-7-24-23(26-18(3)13-22-19(4)27-28(6)20(22)5)25-14-17(2)15-29-16-21-11-9-8-10-12-21/h8-12,17-18H,7,13-16H2,1-6H3,(H2,24,25,26). The first-order valence-corrected chi connectivity index (χ1v) is 10.6. The highest BCUT2D eigenvalue weighted by atomic mass is 16.5. The van der Waals surface area contributed by atoms with Gasteiger partial charge in [-0.25, -0.2) is 0 Å². The molecular weight excluding hydrogens is 362 g/mol. The van der Waals surface area contributed by atoms with Crippen molar-refractivity contribution in [3.63, 3.8) is 0 Å². The normalized spacial score (nSPS) is 13.9. The highest BCUT2D eigenvalue weighted by Gasteiger charge is 2.14. The maximum absolute atomic E-state index is 5.84. The topological polar surface area (TPSA) is 63.5 Å². The number of aryl methyl sites for hydroxylation is 2. The van der Waals surface area contributed by atoms with Crippen molar-refractivity contribution in [3.05, 3.63) is 52.8 Å². The third-order valence-electron chi connectivity index (χ3n) is 4.97. The number of aromatic nitrogens is 2. The fourth-order valence-electron chi connectivity index (χ4n) is 3.28. The Labute approximate surface area is 175 Å². The number of nitrogens with one attached hydrogen (secondary N) is 2. The molecule has 0 saturated carbocycles. The Kier molecular flexibility index (Phi) is 9.19. The summed E-state index contributed by atoms with van der Waals surface area (Å²) in [5.74, 6) is 1.21. The molecule has 0 aliphatic heterocycles. The molecule has 1 aromatic carbocycles. The average molecular weight is 400 g/mol. The summed E-state index contributed by atoms with van der Waals surface area (Å²) in [4.78, 5) is 4.76. The highest BCUT2D eigenvalue weighted by molar-refractivity contribution is 5.80. The lowest BCUT2D eigenvalue weighted by molar-refractivity contribution is 0.0945. The molecule has 0 saturated heterocycles. The highest BCUT2D eigenvalue weighted by Crippen LogP contribution is 2.14. The molecule has 0 fully saturated rings. The summed E-state index contributed by atoms with van der Waals surface area (Å²) in [5, 5.41) is 11.4. The van der Waals surface area contributed by atoms with Crippen molar-refractivity contribution in [1.82, 2.24) is 20.4 Å². The second-order valence-corrected chi connectivity index (χ2v) is 7.85. The van der Waals surface area contributed by atoms with Crippen LogP contribution in [-0.2, 0) is 24.8 Å². The number of guanidine groups is 1. The van der Waals surface area contributed by atoms with Gasteiger partial charge in [-0.1, -0.05) is 37.3 Å². The van der Waals surface area contributed by atoms with Crippen molar-refractivity contribution < 1.29 is 4.74 Å². The predicted molar refractivity (Wildman–Crippen MR) is 120 cm³/mol. The number of hydrogen-bond donors (Lipinski definition) is 2. The Morgan fingerprint density at radius 3 is 2.55 bits per heavy atom. The van der Waals surface area contributed by atoms with Gasteiger partial charge in [0.05, 0.1) is 18.9 Å². The van der Waals surface area contributed by atoms with Gasteiger partial charge in [0, 0.05) is 31.9 Å². The van der Waals surface area contributed by atoms with E-state index in [-0.39, 0.29) is 6.04 Å². The summed E-state index contributed by atoms with van der Waals surface area (Å²) in [5.41, 5.74) is 4.84. The molecule has 29 heavy (non-hydrogen) atoms. The van der Waals surface area contributed by atoms with E-state index in [4.69, 9.17) is 9.73 Å². The lowest BCUT2D eigenvalue weighted by atomic mass is 10.1. The van der Waals surface area contributed by atoms with Crippen LogP contribution in [0.5, 0.6) is 0 Å². The Hall–Kier alpha value is -2.34. The molecule has 0 bridgehead atoms. The SMILES string of the molecule is CCNC(=NCC(C)COCc1ccccc1)NC(C)Cc1c(C)nn(C)c1C. The van der Waals surface area contributed by atoms with E-state index in [9.17, 15) is 0 Å². The quantitative estimate of drug-likeness (QED) is 0.475. The fourth-order valence-corrected chi connectivity index (χ4v) is 3.28. The number of nitrogens with zero attached hydrogens (tertiary/aromatic N) is 3. The first-order valence-electron chi connectivity index (χ1n) is 10.6. The van der Waals surface area contributed by atoms with Crippen LogP contribution in [-0.4, -0.2) is 41.5 Å². The summed E-state index contributed by atoms with van der Waals surface area (Å²) in [7, 11) is 2.00. The molecule has 0 amide bonds. The fraction of sp³-hybridized carbons (Fsp3) is 0.565. The summed E-state index contributed by atoms with van der Waals surface area (Å²) >= 11 is 0. The molecule has 2 atom stereocenters. The maximum Gasteiger partial charge on any atom is 0.191 e. The van der Waals surface area contributed by atoms with Gasteiger partial charge in [0.2, 0.25) is 0 Å². The Morgan fingerprint density at radius 2 is 1.93 bits per heavy atom. The number of rotatable bonds is 10. The van der Waals surface area contributed by atoms with Crippen LogP contribution in [0.15, 0.2) is 35.3 Å². The van der Waals surface area contributed by atoms with E-state index >= 15 is 0 Å². The molecular formula is C23H37N5O. The van der Waals surface area contributed by atoms with Gasteiger partial charge in [-0.3, -0.25) is 9.67 Å². The van der Waals surface area contributed by atoms with Gasteiger partial charge in [0.1, 0.15) is 0 Å². The zero-order valence-corrected chi connectivity index (χ0v) is 18.8. The van der Waals surface area contributed by atoms with Crippen LogP contribution in [0.2, 0.25) is 0 Å². The first-order chi connectivity index (χ1) is 13.9. The van der Waals surface area contributed by atoms with Crippen LogP contribution in [0.4, 0.5) is 0 Å². The average Bonchev–Trinajstić information content (AvgIpc) is 2.93. The van der Waals surface area contributed by atoms with Crippen molar-refractivity contribution >= 4 is 5.96 Å². The van der Waals surface area contributed by atoms with Crippen LogP contribution in [0.3, 0.4) is 0 Å². The lowest BCUT2D eigenvalue weighted by Crippen LogP contribution is -2.43. The molecule has 6 heteroatoms. The zero-order chi connectivity index (χ0) is 21.2. The summed E-state index contributed by atoms with van der Waals surface area (Å²) in [6.45, 7) is 13.5. The molecule has 1 aromatic heterocycles. The maximum atomic E-state index is 5.84.